The quantitative estimate of drug-likeness (QED) is 0.179. The monoisotopic (exact) mass is 743 g/mol. The van der Waals surface area contributed by atoms with E-state index in [4.69, 9.17) is 23.8 Å². The molecule has 0 spiro atoms. The van der Waals surface area contributed by atoms with Gasteiger partial charge in [-0.05, 0) is 65.7 Å². The van der Waals surface area contributed by atoms with Gasteiger partial charge < -0.3 is 8.83 Å². The van der Waals surface area contributed by atoms with Crippen LogP contribution in [0.1, 0.15) is 0 Å². The fourth-order valence-electron chi connectivity index (χ4n) is 9.09. The van der Waals surface area contributed by atoms with E-state index in [9.17, 15) is 0 Å². The molecular weight excluding hydrogens is 715 g/mol. The van der Waals surface area contributed by atoms with E-state index in [-0.39, 0.29) is 0 Å². The van der Waals surface area contributed by atoms with Gasteiger partial charge in [-0.25, -0.2) is 0 Å². The van der Waals surface area contributed by atoms with Crippen molar-refractivity contribution in [3.8, 4) is 34.4 Å². The molecule has 7 heteroatoms. The van der Waals surface area contributed by atoms with Crippen LogP contribution in [0.15, 0.2) is 185 Å². The zero-order valence-electron chi connectivity index (χ0n) is 30.8. The second-order valence-corrected chi connectivity index (χ2v) is 14.8. The molecule has 270 valence electrons. The topological polar surface area (TPSA) is 74.8 Å². The zero-order chi connectivity index (χ0) is 37.9. The molecular formula is C51H29N5O2. The van der Waals surface area contributed by atoms with Crippen LogP contribution < -0.4 is 0 Å². The summed E-state index contributed by atoms with van der Waals surface area (Å²) >= 11 is 0. The lowest BCUT2D eigenvalue weighted by Crippen LogP contribution is -2.10. The third kappa shape index (κ3) is 4.35. The lowest BCUT2D eigenvalue weighted by atomic mass is 9.99. The van der Waals surface area contributed by atoms with E-state index in [1.807, 2.05) is 24.3 Å². The lowest BCUT2D eigenvalue weighted by molar-refractivity contribution is 0.669. The number of furan rings is 2. The average Bonchev–Trinajstić information content (AvgIpc) is 4.04. The summed E-state index contributed by atoms with van der Waals surface area (Å²) in [6.45, 7) is 0. The molecule has 0 unspecified atom stereocenters. The van der Waals surface area contributed by atoms with E-state index in [0.29, 0.717) is 17.7 Å². The van der Waals surface area contributed by atoms with Gasteiger partial charge in [-0.15, -0.1) is 0 Å². The summed E-state index contributed by atoms with van der Waals surface area (Å²) < 4.78 is 17.5. The molecule has 0 aliphatic carbocycles. The summed E-state index contributed by atoms with van der Waals surface area (Å²) in [7, 11) is 0. The van der Waals surface area contributed by atoms with E-state index in [2.05, 4.69) is 161 Å². The Morgan fingerprint density at radius 2 is 0.948 bits per heavy atom. The van der Waals surface area contributed by atoms with Crippen LogP contribution in [0.4, 0.5) is 0 Å². The molecule has 0 N–H and O–H groups in total. The molecule has 0 aliphatic heterocycles. The summed E-state index contributed by atoms with van der Waals surface area (Å²) in [6, 6.07) is 60.7. The van der Waals surface area contributed by atoms with E-state index < -0.39 is 0 Å². The van der Waals surface area contributed by atoms with Crippen LogP contribution in [-0.4, -0.2) is 24.1 Å². The van der Waals surface area contributed by atoms with Crippen LogP contribution in [0.5, 0.6) is 0 Å². The van der Waals surface area contributed by atoms with E-state index >= 15 is 0 Å². The van der Waals surface area contributed by atoms with Gasteiger partial charge in [0.15, 0.2) is 5.82 Å². The summed E-state index contributed by atoms with van der Waals surface area (Å²) in [5.74, 6) is 1.55. The smallest absolute Gasteiger partial charge is 0.240 e. The first-order valence-corrected chi connectivity index (χ1v) is 19.4. The summed E-state index contributed by atoms with van der Waals surface area (Å²) in [5, 5.41) is 8.61. The highest BCUT2D eigenvalue weighted by molar-refractivity contribution is 6.24. The van der Waals surface area contributed by atoms with Gasteiger partial charge in [-0.1, -0.05) is 121 Å². The Morgan fingerprint density at radius 3 is 1.71 bits per heavy atom. The van der Waals surface area contributed by atoms with Crippen molar-refractivity contribution in [3.63, 3.8) is 0 Å². The van der Waals surface area contributed by atoms with Crippen molar-refractivity contribution in [3.05, 3.63) is 176 Å². The van der Waals surface area contributed by atoms with Gasteiger partial charge in [0.25, 0.3) is 0 Å². The van der Waals surface area contributed by atoms with Crippen molar-refractivity contribution < 1.29 is 8.83 Å². The molecule has 0 bridgehead atoms. The van der Waals surface area contributed by atoms with Crippen molar-refractivity contribution in [2.75, 3.05) is 0 Å². The zero-order valence-corrected chi connectivity index (χ0v) is 30.8. The van der Waals surface area contributed by atoms with Crippen molar-refractivity contribution in [2.45, 2.75) is 0 Å². The maximum atomic E-state index is 6.62. The maximum absolute atomic E-state index is 6.62. The number of fused-ring (bicyclic) bond motifs is 13. The second-order valence-electron chi connectivity index (χ2n) is 14.8. The number of hydrogen-bond acceptors (Lipinski definition) is 5. The van der Waals surface area contributed by atoms with Crippen molar-refractivity contribution >= 4 is 87.5 Å². The Balaban J connectivity index is 1.11. The number of hydrogen-bond donors (Lipinski definition) is 0. The van der Waals surface area contributed by atoms with Crippen LogP contribution in [-0.2, 0) is 0 Å². The first-order valence-electron chi connectivity index (χ1n) is 19.4. The molecule has 0 fully saturated rings. The second kappa shape index (κ2) is 11.7. The van der Waals surface area contributed by atoms with Gasteiger partial charge in [0, 0.05) is 43.3 Å². The van der Waals surface area contributed by atoms with Crippen molar-refractivity contribution in [1.82, 2.24) is 24.1 Å². The Bertz CT molecular complexity index is 3760. The fourth-order valence-corrected chi connectivity index (χ4v) is 9.09. The molecule has 5 heterocycles. The third-order valence-electron chi connectivity index (χ3n) is 11.6. The van der Waals surface area contributed by atoms with Gasteiger partial charge >= 0.3 is 0 Å². The number of benzene rings is 8. The van der Waals surface area contributed by atoms with E-state index in [1.165, 1.54) is 0 Å². The summed E-state index contributed by atoms with van der Waals surface area (Å²) in [4.78, 5) is 16.0. The minimum atomic E-state index is 0.500. The van der Waals surface area contributed by atoms with Crippen LogP contribution in [0, 0.1) is 0 Å². The molecule has 5 aromatic heterocycles. The Morgan fingerprint density at radius 1 is 0.345 bits per heavy atom. The van der Waals surface area contributed by atoms with Gasteiger partial charge in [0.2, 0.25) is 11.9 Å². The van der Waals surface area contributed by atoms with Crippen molar-refractivity contribution in [2.24, 2.45) is 0 Å². The molecule has 58 heavy (non-hydrogen) atoms. The van der Waals surface area contributed by atoms with Gasteiger partial charge in [-0.3, -0.25) is 9.13 Å². The third-order valence-corrected chi connectivity index (χ3v) is 11.6. The number of nitrogens with zero attached hydrogens (tertiary/aromatic N) is 5. The first-order chi connectivity index (χ1) is 28.8. The molecule has 0 saturated heterocycles. The maximum Gasteiger partial charge on any atom is 0.240 e. The number of rotatable bonds is 4. The van der Waals surface area contributed by atoms with Gasteiger partial charge in [0.05, 0.1) is 27.5 Å². The predicted molar refractivity (Wildman–Crippen MR) is 234 cm³/mol. The number of para-hydroxylation sites is 4. The molecule has 0 aliphatic rings. The van der Waals surface area contributed by atoms with Crippen LogP contribution in [0.25, 0.3) is 122 Å². The minimum Gasteiger partial charge on any atom is -0.456 e. The molecule has 13 aromatic rings. The van der Waals surface area contributed by atoms with Crippen molar-refractivity contribution in [1.29, 1.82) is 0 Å². The highest BCUT2D eigenvalue weighted by Crippen LogP contribution is 2.42. The highest BCUT2D eigenvalue weighted by atomic mass is 16.3. The summed E-state index contributed by atoms with van der Waals surface area (Å²) in [6.07, 6.45) is 0. The Labute approximate surface area is 329 Å². The molecule has 0 amide bonds. The molecule has 0 radical (unpaired) electrons. The fraction of sp³-hybridized carbons (Fsp3) is 0. The van der Waals surface area contributed by atoms with Gasteiger partial charge in [-0.2, -0.15) is 15.0 Å². The van der Waals surface area contributed by atoms with Crippen LogP contribution in [0.3, 0.4) is 0 Å². The average molecular weight is 744 g/mol. The molecule has 13 rings (SSSR count). The van der Waals surface area contributed by atoms with Crippen LogP contribution >= 0.6 is 0 Å². The number of aromatic nitrogens is 5. The standard InChI is InChI=1S/C51H29N5O2/c1-2-13-30(14-3-1)32-19-12-24-44-46(32)38-26-25-31(29-45(38)57-44)49-52-50(55-39-20-8-4-15-33(39)34-16-5-9-21-40(34)55)54-51(53-49)56-41-22-10-6-18-37(41)47-42(56)28-27-36-35-17-7-11-23-43(35)58-48(36)47/h1-29H. The molecule has 7 nitrogen and oxygen atoms in total. The Hall–Kier alpha value is -8.03. The predicted octanol–water partition coefficient (Wildman–Crippen LogP) is 13.2. The minimum absolute atomic E-state index is 0.500. The largest absolute Gasteiger partial charge is 0.456 e. The molecule has 0 atom stereocenters. The SMILES string of the molecule is c1ccc(-c2cccc3oc4cc(-c5nc(-n6c7ccccc7c7ccccc76)nc(-n6c7ccccc7c7c8oc9ccccc9c8ccc76)n5)ccc4c23)cc1. The Kier molecular flexibility index (Phi) is 6.32. The molecule has 8 aromatic carbocycles. The normalized spacial score (nSPS) is 12.1. The van der Waals surface area contributed by atoms with Gasteiger partial charge in [0.1, 0.15) is 22.3 Å². The lowest BCUT2D eigenvalue weighted by Gasteiger charge is -2.12. The summed E-state index contributed by atoms with van der Waals surface area (Å²) in [5.41, 5.74) is 10.3. The molecule has 0 saturated carbocycles. The van der Waals surface area contributed by atoms with E-state index in [1.54, 1.807) is 0 Å². The first kappa shape index (κ1) is 31.2. The van der Waals surface area contributed by atoms with Crippen LogP contribution in [0.2, 0.25) is 0 Å². The van der Waals surface area contributed by atoms with E-state index in [0.717, 1.165) is 104 Å². The highest BCUT2D eigenvalue weighted by Gasteiger charge is 2.23.